The average molecular weight is 1150 g/mol. The lowest BCUT2D eigenvalue weighted by Gasteiger charge is -2.48. The predicted octanol–water partition coefficient (Wildman–Crippen LogP) is 0.968. The highest BCUT2D eigenvalue weighted by Crippen LogP contribution is 2.38. The van der Waals surface area contributed by atoms with Gasteiger partial charge >= 0.3 is 11.9 Å². The van der Waals surface area contributed by atoms with Crippen LogP contribution in [0.25, 0.3) is 0 Å². The molecule has 2 saturated heterocycles. The molecule has 0 aromatic carbocycles. The van der Waals surface area contributed by atoms with E-state index >= 15 is 0 Å². The summed E-state index contributed by atoms with van der Waals surface area (Å²) in [5.41, 5.74) is 24.8. The van der Waals surface area contributed by atoms with Crippen LogP contribution in [-0.2, 0) is 28.5 Å². The number of hydrogen-bond acceptors (Lipinski definition) is 21. The molecular formula is C59H101N5O17. The van der Waals surface area contributed by atoms with Gasteiger partial charge in [0.1, 0.15) is 18.1 Å². The molecule has 0 aromatic heterocycles. The first-order valence-electron chi connectivity index (χ1n) is 29.0. The summed E-state index contributed by atoms with van der Waals surface area (Å²) in [5.74, 6) is -6.96. The van der Waals surface area contributed by atoms with E-state index in [2.05, 4.69) is 0 Å². The largest absolute Gasteiger partial charge is 0.481 e. The molecule has 3 rings (SSSR count). The van der Waals surface area contributed by atoms with Crippen LogP contribution in [0.2, 0.25) is 0 Å². The van der Waals surface area contributed by atoms with E-state index in [9.17, 15) is 65.8 Å². The second-order valence-corrected chi connectivity index (χ2v) is 22.5. The summed E-state index contributed by atoms with van der Waals surface area (Å²) >= 11 is 0. The molecular weight excluding hydrogens is 1050 g/mol. The number of carbonyl (C=O) groups excluding carboxylic acids is 1. The third-order valence-corrected chi connectivity index (χ3v) is 15.4. The molecule has 3 heterocycles. The lowest BCUT2D eigenvalue weighted by atomic mass is 9.82. The van der Waals surface area contributed by atoms with E-state index in [1.54, 1.807) is 81.5 Å². The molecule has 0 aromatic rings. The normalized spacial score (nSPS) is 39.8. The zero-order chi connectivity index (χ0) is 60.2. The number of allylic oxidation sites excluding steroid dienone is 12. The number of aliphatic carboxylic acids is 1. The maximum atomic E-state index is 12.9. The average Bonchev–Trinajstić information content (AvgIpc) is 3.45. The van der Waals surface area contributed by atoms with Crippen molar-refractivity contribution in [2.75, 3.05) is 26.2 Å². The van der Waals surface area contributed by atoms with Crippen molar-refractivity contribution in [3.05, 3.63) is 85.1 Å². The van der Waals surface area contributed by atoms with E-state index in [4.69, 9.17) is 41.9 Å². The number of aliphatic hydroxyl groups is 10. The first-order valence-corrected chi connectivity index (χ1v) is 29.0. The quantitative estimate of drug-likeness (QED) is 0.0756. The van der Waals surface area contributed by atoms with Crippen molar-refractivity contribution in [2.24, 2.45) is 40.7 Å². The monoisotopic (exact) mass is 1150 g/mol. The first kappa shape index (κ1) is 71.7. The van der Waals surface area contributed by atoms with Crippen LogP contribution in [0.5, 0.6) is 0 Å². The molecule has 13 unspecified atom stereocenters. The van der Waals surface area contributed by atoms with Crippen LogP contribution in [0.3, 0.4) is 0 Å². The van der Waals surface area contributed by atoms with Crippen LogP contribution in [0, 0.1) is 17.8 Å². The lowest BCUT2D eigenvalue weighted by molar-refractivity contribution is -0.312. The van der Waals surface area contributed by atoms with Gasteiger partial charge in [-0.15, -0.1) is 0 Å². The summed E-state index contributed by atoms with van der Waals surface area (Å²) in [7, 11) is 0. The maximum absolute atomic E-state index is 12.9. The molecule has 81 heavy (non-hydrogen) atoms. The molecule has 464 valence electrons. The van der Waals surface area contributed by atoms with Crippen LogP contribution in [0.4, 0.5) is 0 Å². The van der Waals surface area contributed by atoms with Gasteiger partial charge in [0.05, 0.1) is 79.6 Å². The smallest absolute Gasteiger partial charge is 0.311 e. The number of unbranched alkanes of at least 4 members (excludes halogenated alkanes) is 2. The molecule has 3 aliphatic heterocycles. The number of nitrogens with two attached hydrogens (primary N) is 4. The fourth-order valence-corrected chi connectivity index (χ4v) is 10.6. The number of carboxylic acid groups (broad SMARTS) is 1. The van der Waals surface area contributed by atoms with Crippen LogP contribution < -0.4 is 22.9 Å². The third kappa shape index (κ3) is 26.1. The number of nitrogens with zero attached hydrogens (tertiary/aromatic N) is 1. The van der Waals surface area contributed by atoms with Gasteiger partial charge in [0.25, 0.3) is 0 Å². The second kappa shape index (κ2) is 37.7. The lowest BCUT2D eigenvalue weighted by Crippen LogP contribution is -2.66. The van der Waals surface area contributed by atoms with E-state index in [-0.39, 0.29) is 56.8 Å². The zero-order valence-corrected chi connectivity index (χ0v) is 48.0. The number of carbonyl (C=O) groups is 2. The molecule has 3 aliphatic rings. The van der Waals surface area contributed by atoms with Gasteiger partial charge in [-0.2, -0.15) is 0 Å². The third-order valence-electron chi connectivity index (χ3n) is 15.4. The van der Waals surface area contributed by atoms with Gasteiger partial charge in [-0.3, -0.25) is 14.5 Å². The molecule has 0 aliphatic carbocycles. The van der Waals surface area contributed by atoms with Gasteiger partial charge in [-0.25, -0.2) is 0 Å². The summed E-state index contributed by atoms with van der Waals surface area (Å²) in [6, 6.07) is -1.74. The molecule has 22 heteroatoms. The van der Waals surface area contributed by atoms with Crippen molar-refractivity contribution in [2.45, 2.75) is 227 Å². The molecule has 2 fully saturated rings. The predicted molar refractivity (Wildman–Crippen MR) is 306 cm³/mol. The van der Waals surface area contributed by atoms with Gasteiger partial charge in [-0.05, 0) is 71.9 Å². The number of hydrogen-bond donors (Lipinski definition) is 15. The van der Waals surface area contributed by atoms with E-state index in [0.29, 0.717) is 25.9 Å². The number of fused-ring (bicyclic) bond motifs is 2. The summed E-state index contributed by atoms with van der Waals surface area (Å²) in [4.78, 5) is 27.4. The SMILES string of the molecule is C[C@@H]1OC(=O)CC(O)CC(O)CCC(O)C(O)CC(O)CC2(O)C[C@H](O)C(C(=O)O)C(CC(O[C@@H]3O[C@H](C)C(O)[C@H](N(CC(N)CCCCN)CC(N)CCCCN)[C@@H]3O)/C=C/C=C/C=C/C=C/C=C/C=C/C=C/[C@H](C)C(O)[C@H]1C)O2. The molecule has 2 bridgehead atoms. The van der Waals surface area contributed by atoms with Gasteiger partial charge < -0.3 is 98.1 Å². The summed E-state index contributed by atoms with van der Waals surface area (Å²) in [6.07, 6.45) is 7.35. The highest BCUT2D eigenvalue weighted by atomic mass is 16.7. The van der Waals surface area contributed by atoms with Crippen LogP contribution in [-0.4, -0.2) is 209 Å². The number of carboxylic acids is 1. The Hall–Kier alpha value is -3.60. The molecule has 19 N–H and O–H groups in total. The fourth-order valence-electron chi connectivity index (χ4n) is 10.6. The van der Waals surface area contributed by atoms with Gasteiger partial charge in [0.15, 0.2) is 12.1 Å². The van der Waals surface area contributed by atoms with Crippen molar-refractivity contribution in [3.63, 3.8) is 0 Å². The van der Waals surface area contributed by atoms with E-state index in [1.165, 1.54) is 0 Å². The highest BCUT2D eigenvalue weighted by Gasteiger charge is 2.52. The fraction of sp³-hybridized carbons (Fsp3) is 0.729. The Kier molecular flexibility index (Phi) is 33.3. The summed E-state index contributed by atoms with van der Waals surface area (Å²) in [6.45, 7) is 8.34. The Morgan fingerprint density at radius 1 is 0.654 bits per heavy atom. The molecule has 22 nitrogen and oxygen atoms in total. The molecule has 21 atom stereocenters. The number of rotatable bonds is 16. The number of esters is 1. The van der Waals surface area contributed by atoms with Gasteiger partial charge in [0, 0.05) is 62.7 Å². The van der Waals surface area contributed by atoms with Crippen molar-refractivity contribution in [1.29, 1.82) is 0 Å². The molecule has 0 spiro atoms. The van der Waals surface area contributed by atoms with Crippen LogP contribution in [0.1, 0.15) is 118 Å². The van der Waals surface area contributed by atoms with E-state index < -0.39 is 147 Å². The minimum absolute atomic E-state index is 0.120. The van der Waals surface area contributed by atoms with E-state index in [1.807, 2.05) is 36.1 Å². The first-order chi connectivity index (χ1) is 38.4. The standard InChI is InChI=1S/C59H101N5O17/c1-37-21-15-13-11-9-7-5-6-8-10-12-14-16-24-46(80-58-56(74)53(55(73)40(4)79-58)64(35-41(62)22-17-19-27-60)36-42(63)23-18-20-28-61)32-50-52(57(75)76)49(70)34-59(77,81-50)33-45(67)30-48(69)47(68)26-25-43(65)29-44(66)31-51(71)78-39(3)38(2)54(37)72/h5-16,21,24,37-50,52-56,58,65-70,72-74,77H,17-20,22-23,25-36,60-63H2,1-4H3,(H,75,76)/b6-5+,9-7+,10-8+,13-11+,14-12+,21-15+,24-16+/t37-,38-,39-,40+,41?,42?,43?,44?,45?,46?,47?,48?,49-,50?,52?,53-,54?,55?,56-,58-,59?/m0/s1. The number of cyclic esters (lactones) is 1. The number of ether oxygens (including phenoxy) is 4. The Balaban J connectivity index is 2.00. The summed E-state index contributed by atoms with van der Waals surface area (Å²) < 4.78 is 24.2. The van der Waals surface area contributed by atoms with Crippen molar-refractivity contribution < 1.29 is 84.7 Å². The highest BCUT2D eigenvalue weighted by molar-refractivity contribution is 5.71. The topological polar surface area (TPSA) is 401 Å². The molecule has 0 radical (unpaired) electrons. The Morgan fingerprint density at radius 2 is 1.20 bits per heavy atom. The summed E-state index contributed by atoms with van der Waals surface area (Å²) in [5, 5.41) is 123. The Bertz CT molecular complexity index is 1990. The van der Waals surface area contributed by atoms with Gasteiger partial charge in [0.2, 0.25) is 0 Å². The second-order valence-electron chi connectivity index (χ2n) is 22.5. The number of aliphatic hydroxyl groups excluding tert-OH is 9. The molecule has 0 saturated carbocycles. The van der Waals surface area contributed by atoms with Crippen molar-refractivity contribution in [1.82, 2.24) is 4.90 Å². The zero-order valence-electron chi connectivity index (χ0n) is 48.0. The minimum atomic E-state index is -2.37. The Morgan fingerprint density at radius 3 is 1.74 bits per heavy atom. The van der Waals surface area contributed by atoms with Crippen molar-refractivity contribution >= 4 is 11.9 Å². The minimum Gasteiger partial charge on any atom is -0.481 e. The van der Waals surface area contributed by atoms with E-state index in [0.717, 1.165) is 25.7 Å². The Labute approximate surface area is 479 Å². The van der Waals surface area contributed by atoms with Crippen LogP contribution >= 0.6 is 0 Å². The van der Waals surface area contributed by atoms with Crippen LogP contribution in [0.15, 0.2) is 85.1 Å². The van der Waals surface area contributed by atoms with Gasteiger partial charge in [-0.1, -0.05) is 112 Å². The van der Waals surface area contributed by atoms with Crippen molar-refractivity contribution in [3.8, 4) is 0 Å². The maximum Gasteiger partial charge on any atom is 0.311 e. The molecule has 0 amide bonds.